The van der Waals surface area contributed by atoms with Crippen molar-refractivity contribution in [1.29, 1.82) is 0 Å². The number of hydrogen-bond donors (Lipinski definition) is 15. The predicted molar refractivity (Wildman–Crippen MR) is 262 cm³/mol. The lowest BCUT2D eigenvalue weighted by molar-refractivity contribution is -0.144. The van der Waals surface area contributed by atoms with E-state index in [1.807, 2.05) is 27.7 Å². The van der Waals surface area contributed by atoms with Crippen LogP contribution in [0.25, 0.3) is 0 Å². The van der Waals surface area contributed by atoms with Crippen molar-refractivity contribution in [3.05, 3.63) is 18.2 Å². The number of imidazole rings is 1. The normalized spacial score (nSPS) is 15.1. The van der Waals surface area contributed by atoms with Crippen LogP contribution in [0.1, 0.15) is 106 Å². The fourth-order valence-electron chi connectivity index (χ4n) is 6.96. The number of nitrogens with zero attached hydrogens (tertiary/aromatic N) is 3. The zero-order chi connectivity index (χ0) is 53.2. The number of hydrogen-bond acceptors (Lipinski definition) is 13. The van der Waals surface area contributed by atoms with Crippen LogP contribution in [0.15, 0.2) is 22.5 Å². The minimum Gasteiger partial charge on any atom is -0.480 e. The Balaban J connectivity index is 3.58. The van der Waals surface area contributed by atoms with Gasteiger partial charge in [-0.3, -0.25) is 43.5 Å². The SMILES string of the molecule is CC[C@H](C)[C@H](NC(=O)[C@H](CO)NC(=O)[C@H](Cc1cnc[nH]1)NC(=O)[C@H](CCCN=C(N)N)NC(=O)[C@H](CCCN=C(N)N)NC(=O)[C@H](CC(C)C)NC(=O)[C@@H](N)CC(C)C)C(=O)N[C@H](C(=O)O)C(C)C. The first-order valence-corrected chi connectivity index (χ1v) is 23.6. The number of carboxylic acid groups (broad SMARTS) is 1. The fourth-order valence-corrected chi connectivity index (χ4v) is 6.96. The minimum atomic E-state index is -1.66. The van der Waals surface area contributed by atoms with E-state index in [1.165, 1.54) is 12.5 Å². The summed E-state index contributed by atoms with van der Waals surface area (Å²) in [5, 5.41) is 38.1. The smallest absolute Gasteiger partial charge is 0.326 e. The van der Waals surface area contributed by atoms with Gasteiger partial charge in [-0.15, -0.1) is 0 Å². The Labute approximate surface area is 409 Å². The maximum absolute atomic E-state index is 14.3. The van der Waals surface area contributed by atoms with Crippen molar-refractivity contribution in [2.75, 3.05) is 19.7 Å². The third-order valence-electron chi connectivity index (χ3n) is 11.0. The second kappa shape index (κ2) is 31.5. The van der Waals surface area contributed by atoms with E-state index in [1.54, 1.807) is 27.7 Å². The summed E-state index contributed by atoms with van der Waals surface area (Å²) < 4.78 is 0. The van der Waals surface area contributed by atoms with Crippen molar-refractivity contribution < 1.29 is 48.6 Å². The molecule has 70 heavy (non-hydrogen) atoms. The molecule has 0 aliphatic carbocycles. The number of nitrogens with two attached hydrogens (primary N) is 5. The van der Waals surface area contributed by atoms with Crippen LogP contribution in [0.5, 0.6) is 0 Å². The maximum Gasteiger partial charge on any atom is 0.326 e. The van der Waals surface area contributed by atoms with Crippen LogP contribution in [0, 0.1) is 23.7 Å². The van der Waals surface area contributed by atoms with Gasteiger partial charge in [-0.1, -0.05) is 61.8 Å². The van der Waals surface area contributed by atoms with Gasteiger partial charge in [-0.2, -0.15) is 0 Å². The van der Waals surface area contributed by atoms with Crippen molar-refractivity contribution in [2.24, 2.45) is 62.3 Å². The predicted octanol–water partition coefficient (Wildman–Crippen LogP) is -3.35. The molecule has 0 fully saturated rings. The van der Waals surface area contributed by atoms with E-state index in [9.17, 15) is 48.6 Å². The molecule has 0 unspecified atom stereocenters. The van der Waals surface area contributed by atoms with Crippen molar-refractivity contribution in [3.63, 3.8) is 0 Å². The number of aliphatic hydroxyl groups excluding tert-OH is 1. The standard InChI is InChI=1S/C44H80N16O10/c1-9-25(8)34(41(68)59-33(24(6)7)42(69)70)60-40(67)32(20-61)58-39(66)31(18-26-19-50-21-53-26)57-37(64)29(13-11-15-52-44(48)49)54-36(63)28(12-10-14-51-43(46)47)55-38(65)30(17-23(4)5)56-35(62)27(45)16-22(2)3/h19,21-25,27-34,61H,9-18,20,45H2,1-8H3,(H,50,53)(H,54,63)(H,55,65)(H,56,62)(H,57,64)(H,58,66)(H,59,68)(H,60,67)(H,69,70)(H4,46,47,51)(H4,48,49,52)/t25-,27-,28-,29-,30-,31-,32-,33-,34-/m0/s1. The van der Waals surface area contributed by atoms with Gasteiger partial charge in [0.15, 0.2) is 11.9 Å². The van der Waals surface area contributed by atoms with Crippen LogP contribution >= 0.6 is 0 Å². The number of aromatic nitrogens is 2. The zero-order valence-electron chi connectivity index (χ0n) is 41.7. The Morgan fingerprint density at radius 2 is 1.06 bits per heavy atom. The second-order valence-corrected chi connectivity index (χ2v) is 18.5. The molecule has 1 aromatic rings. The van der Waals surface area contributed by atoms with Crippen molar-refractivity contribution in [3.8, 4) is 0 Å². The summed E-state index contributed by atoms with van der Waals surface area (Å²) in [6.45, 7) is 13.3. The van der Waals surface area contributed by atoms with Gasteiger partial charge >= 0.3 is 5.97 Å². The van der Waals surface area contributed by atoms with Crippen molar-refractivity contribution in [1.82, 2.24) is 47.2 Å². The van der Waals surface area contributed by atoms with Crippen LogP contribution in [-0.2, 0) is 44.8 Å². The quantitative estimate of drug-likeness (QED) is 0.0186. The Hall–Kier alpha value is -6.57. The van der Waals surface area contributed by atoms with Gasteiger partial charge in [0.1, 0.15) is 42.3 Å². The summed E-state index contributed by atoms with van der Waals surface area (Å²) in [5.74, 6) is -8.36. The first kappa shape index (κ1) is 61.4. The van der Waals surface area contributed by atoms with E-state index < -0.39 is 114 Å². The molecular formula is C44H80N16O10. The first-order valence-electron chi connectivity index (χ1n) is 23.6. The number of H-pyrrole nitrogens is 1. The summed E-state index contributed by atoms with van der Waals surface area (Å²) in [7, 11) is 0. The molecule has 0 saturated carbocycles. The summed E-state index contributed by atoms with van der Waals surface area (Å²) in [5.41, 5.74) is 28.5. The summed E-state index contributed by atoms with van der Waals surface area (Å²) >= 11 is 0. The third-order valence-corrected chi connectivity index (χ3v) is 11.0. The average Bonchev–Trinajstić information content (AvgIpc) is 3.79. The molecule has 26 nitrogen and oxygen atoms in total. The van der Waals surface area contributed by atoms with Crippen LogP contribution in [0.3, 0.4) is 0 Å². The van der Waals surface area contributed by atoms with Crippen molar-refractivity contribution >= 4 is 59.2 Å². The van der Waals surface area contributed by atoms with Gasteiger partial charge < -0.3 is 81.1 Å². The highest BCUT2D eigenvalue weighted by Crippen LogP contribution is 2.13. The van der Waals surface area contributed by atoms with Crippen LogP contribution in [0.4, 0.5) is 0 Å². The molecule has 1 heterocycles. The lowest BCUT2D eigenvalue weighted by Crippen LogP contribution is -2.61. The number of carboxylic acids is 1. The molecule has 0 radical (unpaired) electrons. The highest BCUT2D eigenvalue weighted by atomic mass is 16.4. The highest BCUT2D eigenvalue weighted by Gasteiger charge is 2.36. The number of aliphatic carboxylic acids is 1. The zero-order valence-corrected chi connectivity index (χ0v) is 41.7. The minimum absolute atomic E-state index is 0.0290. The lowest BCUT2D eigenvalue weighted by Gasteiger charge is -2.29. The maximum atomic E-state index is 14.3. The number of amides is 7. The monoisotopic (exact) mass is 993 g/mol. The van der Waals surface area contributed by atoms with Gasteiger partial charge in [0.05, 0.1) is 19.0 Å². The number of aliphatic imine (C=N–C) groups is 2. The van der Waals surface area contributed by atoms with Crippen LogP contribution in [0.2, 0.25) is 0 Å². The summed E-state index contributed by atoms with van der Waals surface area (Å²) in [6.07, 6.45) is 3.62. The lowest BCUT2D eigenvalue weighted by atomic mass is 9.96. The Morgan fingerprint density at radius 1 is 0.614 bits per heavy atom. The summed E-state index contributed by atoms with van der Waals surface area (Å²) in [4.78, 5) is 123. The molecule has 0 aliphatic rings. The number of nitrogens with one attached hydrogen (secondary N) is 8. The van der Waals surface area contributed by atoms with Gasteiger partial charge in [0.2, 0.25) is 41.4 Å². The van der Waals surface area contributed by atoms with Crippen molar-refractivity contribution in [2.45, 2.75) is 155 Å². The molecule has 0 saturated heterocycles. The fraction of sp³-hybridized carbons (Fsp3) is 0.705. The summed E-state index contributed by atoms with van der Waals surface area (Å²) in [6, 6.07) is -10.4. The van der Waals surface area contributed by atoms with Crippen LogP contribution < -0.4 is 65.9 Å². The average molecular weight is 993 g/mol. The molecule has 9 atom stereocenters. The largest absolute Gasteiger partial charge is 0.480 e. The number of carbonyl (C=O) groups is 8. The molecule has 26 heteroatoms. The van der Waals surface area contributed by atoms with Gasteiger partial charge in [0.25, 0.3) is 0 Å². The Bertz CT molecular complexity index is 1900. The molecule has 0 aromatic carbocycles. The van der Waals surface area contributed by atoms with Crippen LogP contribution in [-0.4, -0.2) is 147 Å². The third kappa shape index (κ3) is 23.2. The Kier molecular flexibility index (Phi) is 27.7. The van der Waals surface area contributed by atoms with Gasteiger partial charge in [-0.05, 0) is 62.2 Å². The molecule has 396 valence electrons. The van der Waals surface area contributed by atoms with Gasteiger partial charge in [-0.25, -0.2) is 9.78 Å². The molecule has 7 amide bonds. The Morgan fingerprint density at radius 3 is 1.49 bits per heavy atom. The number of guanidine groups is 2. The molecule has 1 aromatic heterocycles. The highest BCUT2D eigenvalue weighted by molar-refractivity contribution is 5.97. The van der Waals surface area contributed by atoms with E-state index in [0.29, 0.717) is 18.5 Å². The number of rotatable bonds is 33. The molecule has 0 spiro atoms. The first-order chi connectivity index (χ1) is 32.8. The van der Waals surface area contributed by atoms with E-state index in [-0.39, 0.29) is 75.4 Å². The molecular weight excluding hydrogens is 913 g/mol. The molecule has 0 aliphatic heterocycles. The topological polar surface area (TPSA) is 445 Å². The second-order valence-electron chi connectivity index (χ2n) is 18.5. The number of aliphatic hydroxyl groups is 1. The van der Waals surface area contributed by atoms with E-state index in [0.717, 1.165) is 0 Å². The van der Waals surface area contributed by atoms with E-state index in [4.69, 9.17) is 28.7 Å². The van der Waals surface area contributed by atoms with E-state index >= 15 is 0 Å². The van der Waals surface area contributed by atoms with E-state index in [2.05, 4.69) is 57.2 Å². The molecule has 20 N–H and O–H groups in total. The number of carbonyl (C=O) groups excluding carboxylic acids is 7. The number of aromatic amines is 1. The molecule has 0 bridgehead atoms. The molecule has 1 rings (SSSR count). The van der Waals surface area contributed by atoms with Gasteiger partial charge in [0, 0.05) is 31.4 Å².